The van der Waals surface area contributed by atoms with Gasteiger partial charge in [-0.25, -0.2) is 9.59 Å². The Balaban J connectivity index is 2.07. The number of hydroxylamine groups is 2. The van der Waals surface area contributed by atoms with Gasteiger partial charge in [0.1, 0.15) is 18.4 Å². The third kappa shape index (κ3) is 3.11. The van der Waals surface area contributed by atoms with E-state index in [1.807, 2.05) is 0 Å². The Labute approximate surface area is 142 Å². The van der Waals surface area contributed by atoms with Gasteiger partial charge in [-0.3, -0.25) is 4.55 Å². The molecular weight excluding hydrogens is 358 g/mol. The average molecular weight is 373 g/mol. The summed E-state index contributed by atoms with van der Waals surface area (Å²) in [5.74, 6) is -0.898. The largest absolute Gasteiger partial charge is 0.492 e. The average Bonchev–Trinajstić information content (AvgIpc) is 2.78. The molecule has 1 aromatic rings. The zero-order valence-electron chi connectivity index (χ0n) is 12.7. The molecule has 2 unspecified atom stereocenters. The lowest BCUT2D eigenvalue weighted by atomic mass is 9.91. The zero-order chi connectivity index (χ0) is 18.4. The van der Waals surface area contributed by atoms with Gasteiger partial charge in [0, 0.05) is 6.54 Å². The van der Waals surface area contributed by atoms with E-state index >= 15 is 0 Å². The maximum Gasteiger partial charge on any atom is 0.418 e. The predicted octanol–water partition coefficient (Wildman–Crippen LogP) is -0.323. The molecule has 2 aliphatic heterocycles. The molecule has 2 amide bonds. The number of carbonyl (C=O) groups is 2. The second kappa shape index (κ2) is 6.15. The summed E-state index contributed by atoms with van der Waals surface area (Å²) in [6.45, 7) is 0.378. The van der Waals surface area contributed by atoms with Crippen molar-refractivity contribution in [2.45, 2.75) is 12.1 Å². The highest BCUT2D eigenvalue weighted by atomic mass is 32.3. The first-order valence-corrected chi connectivity index (χ1v) is 8.56. The number of urea groups is 1. The number of hydrogen-bond acceptors (Lipinski definition) is 7. The van der Waals surface area contributed by atoms with Gasteiger partial charge in [-0.1, -0.05) is 6.07 Å². The van der Waals surface area contributed by atoms with Crippen molar-refractivity contribution < 1.29 is 36.7 Å². The molecule has 11 nitrogen and oxygen atoms in total. The number of carboxylic acids is 1. The van der Waals surface area contributed by atoms with Gasteiger partial charge >= 0.3 is 22.4 Å². The lowest BCUT2D eigenvalue weighted by molar-refractivity contribution is -0.142. The molecule has 3 rings (SSSR count). The highest BCUT2D eigenvalue weighted by Crippen LogP contribution is 2.45. The van der Waals surface area contributed by atoms with Crippen molar-refractivity contribution in [3.63, 3.8) is 0 Å². The van der Waals surface area contributed by atoms with E-state index in [-0.39, 0.29) is 19.7 Å². The van der Waals surface area contributed by atoms with Gasteiger partial charge in [-0.05, 0) is 23.3 Å². The van der Waals surface area contributed by atoms with Crippen LogP contribution >= 0.6 is 0 Å². The maximum absolute atomic E-state index is 12.3. The second-order valence-corrected chi connectivity index (χ2v) is 6.45. The smallest absolute Gasteiger partial charge is 0.418 e. The summed E-state index contributed by atoms with van der Waals surface area (Å²) in [6.07, 6.45) is 0. The fourth-order valence-corrected chi connectivity index (χ4v) is 3.39. The van der Waals surface area contributed by atoms with E-state index in [1.54, 1.807) is 0 Å². The minimum Gasteiger partial charge on any atom is -0.492 e. The molecule has 1 aromatic carbocycles. The van der Waals surface area contributed by atoms with Crippen molar-refractivity contribution in [2.75, 3.05) is 19.7 Å². The van der Waals surface area contributed by atoms with Crippen molar-refractivity contribution in [3.8, 4) is 5.75 Å². The molecule has 25 heavy (non-hydrogen) atoms. The second-order valence-electron chi connectivity index (χ2n) is 5.45. The van der Waals surface area contributed by atoms with Crippen LogP contribution in [0, 0.1) is 0 Å². The number of ether oxygens (including phenoxy) is 1. The van der Waals surface area contributed by atoms with E-state index in [9.17, 15) is 23.1 Å². The molecule has 1 fully saturated rings. The number of nitrogens with two attached hydrogens (primary N) is 1. The highest BCUT2D eigenvalue weighted by molar-refractivity contribution is 7.80. The van der Waals surface area contributed by atoms with E-state index in [1.165, 1.54) is 18.2 Å². The molecule has 0 spiro atoms. The maximum atomic E-state index is 12.3. The van der Waals surface area contributed by atoms with E-state index < -0.39 is 34.5 Å². The van der Waals surface area contributed by atoms with Crippen LogP contribution < -0.4 is 10.5 Å². The van der Waals surface area contributed by atoms with Crippen molar-refractivity contribution in [2.24, 2.45) is 5.73 Å². The van der Waals surface area contributed by atoms with Crippen LogP contribution in [0.15, 0.2) is 18.2 Å². The third-order valence-corrected chi connectivity index (χ3v) is 4.25. The predicted molar refractivity (Wildman–Crippen MR) is 80.7 cm³/mol. The summed E-state index contributed by atoms with van der Waals surface area (Å²) in [5.41, 5.74) is 6.03. The quantitative estimate of drug-likeness (QED) is 0.568. The van der Waals surface area contributed by atoms with E-state index in [4.69, 9.17) is 15.0 Å². The molecule has 0 radical (unpaired) electrons. The Hall–Kier alpha value is -2.41. The molecule has 2 heterocycles. The summed E-state index contributed by atoms with van der Waals surface area (Å²) in [7, 11) is -4.96. The van der Waals surface area contributed by atoms with Crippen LogP contribution in [0.1, 0.15) is 23.2 Å². The minimum absolute atomic E-state index is 0.112. The van der Waals surface area contributed by atoms with Gasteiger partial charge in [0.05, 0.1) is 6.54 Å². The molecule has 2 atom stereocenters. The molecule has 0 aliphatic carbocycles. The molecular formula is C13H15N3O8S. The zero-order valence-corrected chi connectivity index (χ0v) is 13.5. The van der Waals surface area contributed by atoms with Gasteiger partial charge in [-0.15, -0.1) is 4.28 Å². The number of hydrogen-bond donors (Lipinski definition) is 3. The number of aliphatic carboxylic acids is 1. The van der Waals surface area contributed by atoms with Crippen molar-refractivity contribution in [1.82, 2.24) is 9.96 Å². The number of rotatable bonds is 6. The van der Waals surface area contributed by atoms with Gasteiger partial charge in [0.15, 0.2) is 6.04 Å². The Morgan fingerprint density at radius 1 is 1.36 bits per heavy atom. The lowest BCUT2D eigenvalue weighted by Gasteiger charge is -2.30. The first-order chi connectivity index (χ1) is 11.7. The Kier molecular flexibility index (Phi) is 4.28. The van der Waals surface area contributed by atoms with Crippen LogP contribution in [0.4, 0.5) is 4.79 Å². The Morgan fingerprint density at radius 3 is 2.68 bits per heavy atom. The van der Waals surface area contributed by atoms with Crippen LogP contribution in [0.5, 0.6) is 5.75 Å². The molecule has 2 aliphatic rings. The number of nitrogens with zero attached hydrogens (tertiary/aromatic N) is 2. The summed E-state index contributed by atoms with van der Waals surface area (Å²) in [4.78, 5) is 24.9. The van der Waals surface area contributed by atoms with E-state index in [0.717, 1.165) is 4.90 Å². The minimum atomic E-state index is -4.96. The molecule has 136 valence electrons. The number of fused-ring (bicyclic) bond motifs is 4. The van der Waals surface area contributed by atoms with Gasteiger partial charge in [0.25, 0.3) is 0 Å². The summed E-state index contributed by atoms with van der Waals surface area (Å²) < 4.78 is 40.7. The van der Waals surface area contributed by atoms with E-state index in [0.29, 0.717) is 21.9 Å². The molecule has 4 N–H and O–H groups in total. The molecule has 0 saturated carbocycles. The van der Waals surface area contributed by atoms with Crippen molar-refractivity contribution in [3.05, 3.63) is 29.3 Å². The molecule has 0 aromatic heterocycles. The molecule has 1 saturated heterocycles. The van der Waals surface area contributed by atoms with Gasteiger partial charge in [0.2, 0.25) is 0 Å². The highest BCUT2D eigenvalue weighted by Gasteiger charge is 2.52. The normalized spacial score (nSPS) is 22.1. The summed E-state index contributed by atoms with van der Waals surface area (Å²) in [5, 5.41) is 9.93. The monoisotopic (exact) mass is 373 g/mol. The lowest BCUT2D eigenvalue weighted by Crippen LogP contribution is -2.38. The SMILES string of the molecule is NCCOc1ccc2c(c1)C1CN(C(=O)N1OS(=O)(=O)O)C2C(=O)O. The number of amides is 2. The first kappa shape index (κ1) is 17.4. The van der Waals surface area contributed by atoms with Crippen LogP contribution in [-0.4, -0.2) is 59.7 Å². The van der Waals surface area contributed by atoms with Gasteiger partial charge in [-0.2, -0.15) is 13.5 Å². The fourth-order valence-electron chi connectivity index (χ4n) is 3.02. The molecule has 12 heteroatoms. The fraction of sp³-hybridized carbons (Fsp3) is 0.385. The number of carbonyl (C=O) groups excluding carboxylic acids is 1. The Morgan fingerprint density at radius 2 is 2.08 bits per heavy atom. The van der Waals surface area contributed by atoms with Gasteiger partial charge < -0.3 is 20.5 Å². The van der Waals surface area contributed by atoms with Crippen LogP contribution in [0.2, 0.25) is 0 Å². The topological polar surface area (TPSA) is 160 Å². The number of benzene rings is 1. The van der Waals surface area contributed by atoms with Crippen molar-refractivity contribution in [1.29, 1.82) is 0 Å². The van der Waals surface area contributed by atoms with E-state index in [2.05, 4.69) is 4.28 Å². The summed E-state index contributed by atoms with van der Waals surface area (Å²) >= 11 is 0. The standard InChI is InChI=1S/C13H15N3O8S/c14-3-4-23-7-1-2-8-9(5-7)10-6-15(11(8)12(17)18)13(19)16(10)24-25(20,21)22/h1-2,5,10-11H,3-4,6,14H2,(H,17,18)(H,20,21,22). The van der Waals surface area contributed by atoms with Crippen molar-refractivity contribution >= 4 is 22.4 Å². The van der Waals surface area contributed by atoms with Crippen LogP contribution in [0.3, 0.4) is 0 Å². The first-order valence-electron chi connectivity index (χ1n) is 7.19. The Bertz CT molecular complexity index is 827. The van der Waals surface area contributed by atoms with Crippen LogP contribution in [-0.2, 0) is 19.5 Å². The number of carboxylic acid groups (broad SMARTS) is 1. The molecule has 2 bridgehead atoms. The van der Waals surface area contributed by atoms with Crippen LogP contribution in [0.25, 0.3) is 0 Å². The summed E-state index contributed by atoms with van der Waals surface area (Å²) in [6, 6.07) is 1.33. The third-order valence-electron chi connectivity index (χ3n) is 3.91.